The van der Waals surface area contributed by atoms with Crippen molar-refractivity contribution in [3.63, 3.8) is 0 Å². The summed E-state index contributed by atoms with van der Waals surface area (Å²) in [5.41, 5.74) is 0. The molecule has 14 heavy (non-hydrogen) atoms. The Morgan fingerprint density at radius 1 is 0.786 bits per heavy atom. The number of aliphatic hydroxyl groups excluding tert-OH is 1. The van der Waals surface area contributed by atoms with Gasteiger partial charge in [0.1, 0.15) is 0 Å². The maximum Gasteiger partial charge on any atom is 0.0563 e. The molecule has 86 valence electrons. The third kappa shape index (κ3) is 6.42. The summed E-state index contributed by atoms with van der Waals surface area (Å²) in [6.07, 6.45) is 4.63. The van der Waals surface area contributed by atoms with Crippen LogP contribution in [0.3, 0.4) is 0 Å². The normalized spacial score (nSPS) is 16.3. The first-order valence-electron chi connectivity index (χ1n) is 6.13. The maximum atomic E-state index is 9.60. The zero-order valence-electron chi connectivity index (χ0n) is 10.6. The van der Waals surface area contributed by atoms with Gasteiger partial charge >= 0.3 is 0 Å². The molecule has 1 nitrogen and oxygen atoms in total. The quantitative estimate of drug-likeness (QED) is 0.619. The summed E-state index contributed by atoms with van der Waals surface area (Å²) in [7, 11) is 0. The van der Waals surface area contributed by atoms with Gasteiger partial charge < -0.3 is 5.11 Å². The first kappa shape index (κ1) is 14.0. The third-order valence-corrected chi connectivity index (χ3v) is 3.32. The fourth-order valence-corrected chi connectivity index (χ4v) is 1.49. The van der Waals surface area contributed by atoms with E-state index in [4.69, 9.17) is 0 Å². The van der Waals surface area contributed by atoms with Crippen molar-refractivity contribution in [2.24, 2.45) is 17.8 Å². The topological polar surface area (TPSA) is 20.2 Å². The molecule has 0 spiro atoms. The molecule has 0 aliphatic carbocycles. The molecule has 0 saturated carbocycles. The van der Waals surface area contributed by atoms with Gasteiger partial charge in [-0.25, -0.2) is 0 Å². The Hall–Kier alpha value is -0.0400. The number of unbranched alkanes of at least 4 members (excludes halogenated alkanes) is 1. The van der Waals surface area contributed by atoms with E-state index in [9.17, 15) is 5.11 Å². The molecular weight excluding hydrogens is 172 g/mol. The summed E-state index contributed by atoms with van der Waals surface area (Å²) in [6, 6.07) is 0. The Balaban J connectivity index is 3.38. The minimum absolute atomic E-state index is 0.0932. The fourth-order valence-electron chi connectivity index (χ4n) is 1.49. The monoisotopic (exact) mass is 200 g/mol. The van der Waals surface area contributed by atoms with Gasteiger partial charge in [0, 0.05) is 0 Å². The molecule has 0 aliphatic heterocycles. The molecule has 0 rings (SSSR count). The Bertz CT molecular complexity index is 113. The molecule has 0 aromatic carbocycles. The lowest BCUT2D eigenvalue weighted by atomic mass is 9.91. The van der Waals surface area contributed by atoms with Crippen molar-refractivity contribution in [1.29, 1.82) is 0 Å². The minimum Gasteiger partial charge on any atom is -0.393 e. The van der Waals surface area contributed by atoms with Crippen LogP contribution in [0.4, 0.5) is 0 Å². The van der Waals surface area contributed by atoms with Crippen molar-refractivity contribution in [2.45, 2.75) is 66.4 Å². The molecule has 1 unspecified atom stereocenters. The Morgan fingerprint density at radius 3 is 1.71 bits per heavy atom. The first-order valence-corrected chi connectivity index (χ1v) is 6.13. The average Bonchev–Trinajstić information content (AvgIpc) is 2.11. The lowest BCUT2D eigenvalue weighted by Crippen LogP contribution is -2.14. The summed E-state index contributed by atoms with van der Waals surface area (Å²) in [6.45, 7) is 11.1. The average molecular weight is 200 g/mol. The molecular formula is C13H28O. The van der Waals surface area contributed by atoms with Gasteiger partial charge in [-0.05, 0) is 24.2 Å². The molecule has 0 aliphatic rings. The van der Waals surface area contributed by atoms with Gasteiger partial charge in [0.25, 0.3) is 0 Å². The van der Waals surface area contributed by atoms with E-state index in [-0.39, 0.29) is 6.10 Å². The highest BCUT2D eigenvalue weighted by atomic mass is 16.3. The molecule has 0 heterocycles. The van der Waals surface area contributed by atoms with E-state index in [1.807, 2.05) is 0 Å². The van der Waals surface area contributed by atoms with Crippen LogP contribution in [0, 0.1) is 17.8 Å². The molecule has 2 atom stereocenters. The SMILES string of the molecule is CC(C)C(O)CCCC[C@@H](C)C(C)C. The number of hydrogen-bond donors (Lipinski definition) is 1. The summed E-state index contributed by atoms with van der Waals surface area (Å²) in [5, 5.41) is 9.60. The van der Waals surface area contributed by atoms with Crippen LogP contribution in [-0.2, 0) is 0 Å². The molecule has 0 radical (unpaired) electrons. The summed E-state index contributed by atoms with van der Waals surface area (Å²) >= 11 is 0. The highest BCUT2D eigenvalue weighted by molar-refractivity contribution is 4.62. The van der Waals surface area contributed by atoms with E-state index in [0.29, 0.717) is 5.92 Å². The van der Waals surface area contributed by atoms with E-state index in [1.54, 1.807) is 0 Å². The second-order valence-corrected chi connectivity index (χ2v) is 5.32. The fraction of sp³-hybridized carbons (Fsp3) is 1.00. The number of hydrogen-bond acceptors (Lipinski definition) is 1. The first-order chi connectivity index (χ1) is 6.45. The minimum atomic E-state index is -0.0932. The third-order valence-electron chi connectivity index (χ3n) is 3.32. The Kier molecular flexibility index (Phi) is 7.26. The largest absolute Gasteiger partial charge is 0.393 e. The van der Waals surface area contributed by atoms with Crippen molar-refractivity contribution in [1.82, 2.24) is 0 Å². The van der Waals surface area contributed by atoms with E-state index in [2.05, 4.69) is 34.6 Å². The lowest BCUT2D eigenvalue weighted by molar-refractivity contribution is 0.112. The van der Waals surface area contributed by atoms with Crippen molar-refractivity contribution in [3.05, 3.63) is 0 Å². The van der Waals surface area contributed by atoms with Gasteiger partial charge in [-0.2, -0.15) is 0 Å². The van der Waals surface area contributed by atoms with Crippen LogP contribution in [0.15, 0.2) is 0 Å². The zero-order valence-corrected chi connectivity index (χ0v) is 10.6. The second kappa shape index (κ2) is 7.28. The van der Waals surface area contributed by atoms with Crippen LogP contribution in [-0.4, -0.2) is 11.2 Å². The predicted octanol–water partition coefficient (Wildman–Crippen LogP) is 3.86. The smallest absolute Gasteiger partial charge is 0.0563 e. The highest BCUT2D eigenvalue weighted by Gasteiger charge is 2.10. The van der Waals surface area contributed by atoms with E-state index >= 15 is 0 Å². The zero-order chi connectivity index (χ0) is 11.1. The van der Waals surface area contributed by atoms with Crippen molar-refractivity contribution in [3.8, 4) is 0 Å². The standard InChI is InChI=1S/C13H28O/c1-10(2)12(5)8-6-7-9-13(14)11(3)4/h10-14H,6-9H2,1-5H3/t12-,13?/m1/s1. The van der Waals surface area contributed by atoms with Crippen LogP contribution in [0.2, 0.25) is 0 Å². The Morgan fingerprint density at radius 2 is 1.29 bits per heavy atom. The van der Waals surface area contributed by atoms with Crippen LogP contribution >= 0.6 is 0 Å². The van der Waals surface area contributed by atoms with Crippen LogP contribution in [0.25, 0.3) is 0 Å². The van der Waals surface area contributed by atoms with Crippen molar-refractivity contribution < 1.29 is 5.11 Å². The molecule has 1 heteroatoms. The molecule has 0 aromatic rings. The second-order valence-electron chi connectivity index (χ2n) is 5.32. The highest BCUT2D eigenvalue weighted by Crippen LogP contribution is 2.19. The van der Waals surface area contributed by atoms with E-state index < -0.39 is 0 Å². The molecule has 0 saturated heterocycles. The predicted molar refractivity (Wildman–Crippen MR) is 63.3 cm³/mol. The summed E-state index contributed by atoms with van der Waals surface area (Å²) in [4.78, 5) is 0. The number of aliphatic hydroxyl groups is 1. The van der Waals surface area contributed by atoms with Gasteiger partial charge in [-0.1, -0.05) is 53.9 Å². The molecule has 1 N–H and O–H groups in total. The van der Waals surface area contributed by atoms with Crippen LogP contribution in [0.1, 0.15) is 60.3 Å². The summed E-state index contributed by atoms with van der Waals surface area (Å²) in [5.74, 6) is 2.04. The van der Waals surface area contributed by atoms with Gasteiger partial charge in [0.05, 0.1) is 6.10 Å². The van der Waals surface area contributed by atoms with Crippen LogP contribution < -0.4 is 0 Å². The molecule has 0 fully saturated rings. The van der Waals surface area contributed by atoms with Crippen molar-refractivity contribution in [2.75, 3.05) is 0 Å². The van der Waals surface area contributed by atoms with Crippen LogP contribution in [0.5, 0.6) is 0 Å². The maximum absolute atomic E-state index is 9.60. The van der Waals surface area contributed by atoms with Gasteiger partial charge in [0.2, 0.25) is 0 Å². The van der Waals surface area contributed by atoms with Gasteiger partial charge in [0.15, 0.2) is 0 Å². The van der Waals surface area contributed by atoms with Gasteiger partial charge in [-0.15, -0.1) is 0 Å². The molecule has 0 aromatic heterocycles. The molecule has 0 amide bonds. The lowest BCUT2D eigenvalue weighted by Gasteiger charge is -2.17. The number of rotatable bonds is 7. The van der Waals surface area contributed by atoms with E-state index in [0.717, 1.165) is 18.3 Å². The molecule has 0 bridgehead atoms. The van der Waals surface area contributed by atoms with Gasteiger partial charge in [-0.3, -0.25) is 0 Å². The van der Waals surface area contributed by atoms with Crippen molar-refractivity contribution >= 4 is 0 Å². The van der Waals surface area contributed by atoms with E-state index in [1.165, 1.54) is 19.3 Å². The summed E-state index contributed by atoms with van der Waals surface area (Å²) < 4.78 is 0. The Labute approximate surface area is 89.9 Å².